The lowest BCUT2D eigenvalue weighted by Gasteiger charge is -2.12. The van der Waals surface area contributed by atoms with Gasteiger partial charge >= 0.3 is 0 Å². The quantitative estimate of drug-likeness (QED) is 0.461. The minimum Gasteiger partial charge on any atom is -0.354 e. The third-order valence-electron chi connectivity index (χ3n) is 4.30. The second kappa shape index (κ2) is 8.89. The Balaban J connectivity index is 1.98. The molecule has 0 radical (unpaired) electrons. The summed E-state index contributed by atoms with van der Waals surface area (Å²) in [6.45, 7) is 5.11. The Morgan fingerprint density at radius 3 is 2.86 bits per heavy atom. The first-order valence-corrected chi connectivity index (χ1v) is 10.1. The maximum absolute atomic E-state index is 13.0. The smallest absolute Gasteiger partial charge is 0.262 e. The molecule has 0 saturated heterocycles. The number of carbonyl (C=O) groups excluding carboxylic acids is 1. The molecule has 9 heteroatoms. The predicted molar refractivity (Wildman–Crippen MR) is 108 cm³/mol. The van der Waals surface area contributed by atoms with Crippen LogP contribution < -0.4 is 10.9 Å². The van der Waals surface area contributed by atoms with E-state index < -0.39 is 0 Å². The standard InChI is InChI=1S/C19H22N6O2S/c1-13(2)8-11-24-17(27)14-6-3-4-7-15(14)25-18(24)22-23-19(25)28-12-16(26)21-10-5-9-20/h3-4,6-7,13H,5,8,10-12H2,1-2H3,(H,21,26). The van der Waals surface area contributed by atoms with Gasteiger partial charge in [0.1, 0.15) is 0 Å². The van der Waals surface area contributed by atoms with Crippen molar-refractivity contribution >= 4 is 34.3 Å². The number of para-hydroxylation sites is 1. The SMILES string of the molecule is CC(C)CCn1c(=O)c2ccccc2n2c(SCC(=O)NCCC#N)nnc12. The van der Waals surface area contributed by atoms with E-state index in [1.165, 1.54) is 11.8 Å². The van der Waals surface area contributed by atoms with Crippen molar-refractivity contribution in [2.45, 2.75) is 38.4 Å². The molecule has 0 bridgehead atoms. The van der Waals surface area contributed by atoms with Crippen LogP contribution in [0.5, 0.6) is 0 Å². The largest absolute Gasteiger partial charge is 0.354 e. The zero-order valence-corrected chi connectivity index (χ0v) is 16.7. The monoisotopic (exact) mass is 398 g/mol. The average Bonchev–Trinajstić information content (AvgIpc) is 3.10. The van der Waals surface area contributed by atoms with E-state index in [2.05, 4.69) is 29.4 Å². The molecule has 0 fully saturated rings. The van der Waals surface area contributed by atoms with E-state index in [0.29, 0.717) is 35.3 Å². The summed E-state index contributed by atoms with van der Waals surface area (Å²) in [5, 5.41) is 20.9. The summed E-state index contributed by atoms with van der Waals surface area (Å²) in [5.74, 6) is 0.921. The van der Waals surface area contributed by atoms with Crippen LogP contribution in [0.15, 0.2) is 34.2 Å². The average molecular weight is 398 g/mol. The first-order chi connectivity index (χ1) is 13.5. The minimum atomic E-state index is -0.172. The number of nitriles is 1. The fourth-order valence-electron chi connectivity index (χ4n) is 2.85. The number of aryl methyl sites for hydroxylation is 1. The number of nitrogens with one attached hydrogen (secondary N) is 1. The highest BCUT2D eigenvalue weighted by Crippen LogP contribution is 2.21. The Hall–Kier alpha value is -2.86. The maximum Gasteiger partial charge on any atom is 0.262 e. The molecule has 8 nitrogen and oxygen atoms in total. The highest BCUT2D eigenvalue weighted by atomic mass is 32.2. The number of aromatic nitrogens is 4. The number of carbonyl (C=O) groups is 1. The van der Waals surface area contributed by atoms with Crippen LogP contribution in [0.1, 0.15) is 26.7 Å². The van der Waals surface area contributed by atoms with Crippen LogP contribution in [-0.4, -0.2) is 37.4 Å². The van der Waals surface area contributed by atoms with Crippen LogP contribution >= 0.6 is 11.8 Å². The summed E-state index contributed by atoms with van der Waals surface area (Å²) in [4.78, 5) is 24.9. The van der Waals surface area contributed by atoms with Crippen molar-refractivity contribution in [3.63, 3.8) is 0 Å². The van der Waals surface area contributed by atoms with Gasteiger partial charge in [0.2, 0.25) is 11.7 Å². The molecule has 2 aromatic heterocycles. The summed E-state index contributed by atoms with van der Waals surface area (Å²) in [6.07, 6.45) is 1.13. The molecular formula is C19H22N6O2S. The zero-order chi connectivity index (χ0) is 20.1. The number of fused-ring (bicyclic) bond motifs is 3. The molecule has 0 unspecified atom stereocenters. The Bertz CT molecular complexity index is 1100. The molecule has 1 amide bonds. The highest BCUT2D eigenvalue weighted by molar-refractivity contribution is 7.99. The van der Waals surface area contributed by atoms with Gasteiger partial charge in [-0.2, -0.15) is 5.26 Å². The second-order valence-electron chi connectivity index (χ2n) is 6.82. The van der Waals surface area contributed by atoms with Gasteiger partial charge in [0.25, 0.3) is 5.56 Å². The highest BCUT2D eigenvalue weighted by Gasteiger charge is 2.17. The molecule has 28 heavy (non-hydrogen) atoms. The Labute approximate surface area is 166 Å². The number of amides is 1. The van der Waals surface area contributed by atoms with Crippen molar-refractivity contribution in [1.29, 1.82) is 5.26 Å². The molecule has 3 aromatic rings. The van der Waals surface area contributed by atoms with Gasteiger partial charge in [0, 0.05) is 13.1 Å². The van der Waals surface area contributed by atoms with Gasteiger partial charge in [0.15, 0.2) is 5.16 Å². The first-order valence-electron chi connectivity index (χ1n) is 9.16. The summed E-state index contributed by atoms with van der Waals surface area (Å²) in [6, 6.07) is 9.34. The zero-order valence-electron chi connectivity index (χ0n) is 15.9. The molecule has 0 spiro atoms. The topological polar surface area (TPSA) is 105 Å². The number of nitrogens with zero attached hydrogens (tertiary/aromatic N) is 5. The van der Waals surface area contributed by atoms with Crippen LogP contribution in [0, 0.1) is 17.2 Å². The predicted octanol–water partition coefficient (Wildman–Crippen LogP) is 2.21. The third kappa shape index (κ3) is 4.17. The Kier molecular flexibility index (Phi) is 6.31. The fraction of sp³-hybridized carbons (Fsp3) is 0.421. The minimum absolute atomic E-state index is 0.0815. The van der Waals surface area contributed by atoms with E-state index >= 15 is 0 Å². The van der Waals surface area contributed by atoms with Gasteiger partial charge in [-0.15, -0.1) is 10.2 Å². The molecule has 0 atom stereocenters. The lowest BCUT2D eigenvalue weighted by Crippen LogP contribution is -2.26. The van der Waals surface area contributed by atoms with Crippen LogP contribution in [0.3, 0.4) is 0 Å². The molecule has 1 aromatic carbocycles. The van der Waals surface area contributed by atoms with E-state index in [4.69, 9.17) is 5.26 Å². The summed E-state index contributed by atoms with van der Waals surface area (Å²) in [5.41, 5.74) is 0.641. The van der Waals surface area contributed by atoms with E-state index in [9.17, 15) is 9.59 Å². The number of benzene rings is 1. The van der Waals surface area contributed by atoms with E-state index in [1.807, 2.05) is 28.7 Å². The van der Waals surface area contributed by atoms with E-state index in [0.717, 1.165) is 11.9 Å². The number of hydrogen-bond acceptors (Lipinski definition) is 6. The second-order valence-corrected chi connectivity index (χ2v) is 7.76. The van der Waals surface area contributed by atoms with Crippen LogP contribution in [0.25, 0.3) is 16.7 Å². The van der Waals surface area contributed by atoms with Crippen LogP contribution in [0.2, 0.25) is 0 Å². The summed E-state index contributed by atoms with van der Waals surface area (Å²) < 4.78 is 3.50. The van der Waals surface area contributed by atoms with Crippen LogP contribution in [-0.2, 0) is 11.3 Å². The van der Waals surface area contributed by atoms with Crippen molar-refractivity contribution in [3.05, 3.63) is 34.6 Å². The molecular weight excluding hydrogens is 376 g/mol. The van der Waals surface area contributed by atoms with Gasteiger partial charge in [0.05, 0.1) is 29.1 Å². The lowest BCUT2D eigenvalue weighted by molar-refractivity contribution is -0.118. The van der Waals surface area contributed by atoms with Crippen molar-refractivity contribution in [1.82, 2.24) is 24.5 Å². The normalized spacial score (nSPS) is 11.2. The van der Waals surface area contributed by atoms with Crippen molar-refractivity contribution < 1.29 is 4.79 Å². The molecule has 2 heterocycles. The van der Waals surface area contributed by atoms with Gasteiger partial charge in [-0.05, 0) is 24.5 Å². The van der Waals surface area contributed by atoms with Gasteiger partial charge in [-0.1, -0.05) is 37.7 Å². The molecule has 1 N–H and O–H groups in total. The van der Waals surface area contributed by atoms with Crippen LogP contribution in [0.4, 0.5) is 0 Å². The molecule has 0 aliphatic rings. The lowest BCUT2D eigenvalue weighted by atomic mass is 10.1. The van der Waals surface area contributed by atoms with Gasteiger partial charge in [-0.3, -0.25) is 18.6 Å². The van der Waals surface area contributed by atoms with Crippen molar-refractivity contribution in [2.24, 2.45) is 5.92 Å². The number of hydrogen-bond donors (Lipinski definition) is 1. The van der Waals surface area contributed by atoms with Crippen molar-refractivity contribution in [2.75, 3.05) is 12.3 Å². The molecule has 0 aliphatic carbocycles. The number of rotatable bonds is 8. The Morgan fingerprint density at radius 2 is 2.11 bits per heavy atom. The molecule has 0 saturated carbocycles. The third-order valence-corrected chi connectivity index (χ3v) is 5.23. The first kappa shape index (κ1) is 19.9. The summed E-state index contributed by atoms with van der Waals surface area (Å²) in [7, 11) is 0. The number of thioether (sulfide) groups is 1. The van der Waals surface area contributed by atoms with Gasteiger partial charge in [-0.25, -0.2) is 0 Å². The molecule has 146 valence electrons. The Morgan fingerprint density at radius 1 is 1.32 bits per heavy atom. The fourth-order valence-corrected chi connectivity index (χ4v) is 3.62. The van der Waals surface area contributed by atoms with E-state index in [-0.39, 0.29) is 23.6 Å². The molecule has 0 aliphatic heterocycles. The van der Waals surface area contributed by atoms with Gasteiger partial charge < -0.3 is 5.32 Å². The van der Waals surface area contributed by atoms with Crippen molar-refractivity contribution in [3.8, 4) is 6.07 Å². The molecule has 3 rings (SSSR count). The summed E-state index contributed by atoms with van der Waals surface area (Å²) >= 11 is 1.26. The maximum atomic E-state index is 13.0. The van der Waals surface area contributed by atoms with E-state index in [1.54, 1.807) is 10.6 Å².